The van der Waals surface area contributed by atoms with Crippen molar-refractivity contribution < 1.29 is 27.5 Å². The fraction of sp³-hybridized carbons (Fsp3) is 0.147. The van der Waals surface area contributed by atoms with Crippen LogP contribution in [-0.2, 0) is 10.0 Å². The maximum Gasteiger partial charge on any atom is 0.281 e. The van der Waals surface area contributed by atoms with Crippen LogP contribution in [0.5, 0.6) is 17.5 Å². The number of hydrogen-bond donors (Lipinski definition) is 1. The third-order valence-corrected chi connectivity index (χ3v) is 7.84. The number of pyridine rings is 3. The van der Waals surface area contributed by atoms with Crippen LogP contribution in [-0.4, -0.2) is 41.2 Å². The topological polar surface area (TPSA) is 137 Å². The van der Waals surface area contributed by atoms with Gasteiger partial charge in [-0.25, -0.2) is 19.7 Å². The molecule has 0 aliphatic rings. The lowest BCUT2D eigenvalue weighted by Crippen LogP contribution is -2.31. The van der Waals surface area contributed by atoms with Crippen molar-refractivity contribution in [2.75, 3.05) is 0 Å². The van der Waals surface area contributed by atoms with E-state index in [4.69, 9.17) is 9.47 Å². The second-order valence-electron chi connectivity index (χ2n) is 10.4. The van der Waals surface area contributed by atoms with Crippen LogP contribution in [0.1, 0.15) is 51.3 Å². The fourth-order valence-electron chi connectivity index (χ4n) is 4.53. The predicted molar refractivity (Wildman–Crippen MR) is 168 cm³/mol. The summed E-state index contributed by atoms with van der Waals surface area (Å²) in [4.78, 5) is 39.3. The average molecular weight is 623 g/mol. The van der Waals surface area contributed by atoms with E-state index in [1.54, 1.807) is 80.7 Å². The van der Waals surface area contributed by atoms with Crippen molar-refractivity contribution in [3.63, 3.8) is 0 Å². The number of carbonyl (C=O) groups excluding carboxylic acids is 2. The molecule has 0 saturated heterocycles. The molecule has 0 unspecified atom stereocenters. The molecule has 0 spiro atoms. The summed E-state index contributed by atoms with van der Waals surface area (Å²) in [5, 5.41) is -0.314. The van der Waals surface area contributed by atoms with Crippen LogP contribution in [0.3, 0.4) is 0 Å². The Bertz CT molecular complexity index is 1940. The minimum atomic E-state index is -4.29. The number of amides is 1. The van der Waals surface area contributed by atoms with E-state index in [9.17, 15) is 18.0 Å². The molecule has 2 aromatic carbocycles. The molecule has 11 heteroatoms. The van der Waals surface area contributed by atoms with Crippen LogP contribution in [0.4, 0.5) is 0 Å². The smallest absolute Gasteiger partial charge is 0.281 e. The van der Waals surface area contributed by atoms with Crippen molar-refractivity contribution in [1.82, 2.24) is 19.7 Å². The van der Waals surface area contributed by atoms with Gasteiger partial charge in [0.15, 0.2) is 10.8 Å². The third-order valence-electron chi connectivity index (χ3n) is 6.59. The van der Waals surface area contributed by atoms with Gasteiger partial charge in [-0.05, 0) is 81.3 Å². The van der Waals surface area contributed by atoms with Gasteiger partial charge in [-0.1, -0.05) is 36.4 Å². The number of aryl methyl sites for hydroxylation is 2. The van der Waals surface area contributed by atoms with Gasteiger partial charge < -0.3 is 9.47 Å². The van der Waals surface area contributed by atoms with E-state index in [-0.39, 0.29) is 28.4 Å². The molecule has 0 aliphatic carbocycles. The zero-order chi connectivity index (χ0) is 32.1. The Hall–Kier alpha value is -5.42. The molecule has 3 heterocycles. The third kappa shape index (κ3) is 7.22. The second kappa shape index (κ2) is 13.1. The quantitative estimate of drug-likeness (QED) is 0.184. The van der Waals surface area contributed by atoms with Gasteiger partial charge >= 0.3 is 0 Å². The summed E-state index contributed by atoms with van der Waals surface area (Å²) < 4.78 is 39.7. The van der Waals surface area contributed by atoms with Crippen LogP contribution in [0, 0.1) is 13.8 Å². The van der Waals surface area contributed by atoms with Crippen LogP contribution >= 0.6 is 0 Å². The summed E-state index contributed by atoms with van der Waals surface area (Å²) in [6, 6.07) is 23.1. The summed E-state index contributed by atoms with van der Waals surface area (Å²) in [7, 11) is -4.29. The van der Waals surface area contributed by atoms with Crippen molar-refractivity contribution in [3.05, 3.63) is 125 Å². The minimum Gasteiger partial charge on any atom is -0.475 e. The second-order valence-corrected chi connectivity index (χ2v) is 12.1. The van der Waals surface area contributed by atoms with Gasteiger partial charge in [-0.2, -0.15) is 8.42 Å². The zero-order valence-corrected chi connectivity index (χ0v) is 25.8. The van der Waals surface area contributed by atoms with Crippen LogP contribution in [0.15, 0.2) is 102 Å². The number of nitrogens with one attached hydrogen (secondary N) is 1. The maximum atomic E-state index is 13.4. The molecule has 0 aliphatic heterocycles. The molecule has 0 atom stereocenters. The molecule has 10 nitrogen and oxygen atoms in total. The largest absolute Gasteiger partial charge is 0.475 e. The first-order valence-electron chi connectivity index (χ1n) is 14.0. The van der Waals surface area contributed by atoms with Gasteiger partial charge in [0.05, 0.1) is 11.8 Å². The SMILES string of the molecule is Cc1cc(C(=O)c2ccccc2)cc(C)c1Oc1nc(-c2ccc(OC(C)C)nc2)ccc1C(=O)NS(=O)(=O)c1ccccn1. The molecule has 1 amide bonds. The number of ketones is 1. The molecule has 0 saturated carbocycles. The highest BCUT2D eigenvalue weighted by Gasteiger charge is 2.25. The fourth-order valence-corrected chi connectivity index (χ4v) is 5.44. The zero-order valence-electron chi connectivity index (χ0n) is 25.0. The molecular formula is C34H30N4O6S. The number of hydrogen-bond acceptors (Lipinski definition) is 9. The number of sulfonamides is 1. The normalized spacial score (nSPS) is 11.2. The predicted octanol–water partition coefficient (Wildman–Crippen LogP) is 6.08. The summed E-state index contributed by atoms with van der Waals surface area (Å²) >= 11 is 0. The van der Waals surface area contributed by atoms with Gasteiger partial charge in [-0.15, -0.1) is 0 Å². The van der Waals surface area contributed by atoms with E-state index in [1.807, 2.05) is 24.6 Å². The number of benzene rings is 2. The Kier molecular flexibility index (Phi) is 9.01. The number of aromatic nitrogens is 3. The summed E-state index contributed by atoms with van der Waals surface area (Å²) in [6.45, 7) is 7.34. The maximum absolute atomic E-state index is 13.4. The van der Waals surface area contributed by atoms with Crippen molar-refractivity contribution >= 4 is 21.7 Å². The van der Waals surface area contributed by atoms with Crippen LogP contribution in [0.2, 0.25) is 0 Å². The highest BCUT2D eigenvalue weighted by Crippen LogP contribution is 2.33. The molecule has 3 aromatic heterocycles. The number of rotatable bonds is 10. The van der Waals surface area contributed by atoms with Gasteiger partial charge in [0.2, 0.25) is 11.8 Å². The molecule has 5 aromatic rings. The molecule has 1 N–H and O–H groups in total. The van der Waals surface area contributed by atoms with Gasteiger partial charge in [0.1, 0.15) is 11.3 Å². The molecule has 45 heavy (non-hydrogen) atoms. The number of ether oxygens (including phenoxy) is 2. The summed E-state index contributed by atoms with van der Waals surface area (Å²) in [5.41, 5.74) is 3.15. The molecule has 228 valence electrons. The summed E-state index contributed by atoms with van der Waals surface area (Å²) in [5.74, 6) is -0.440. The van der Waals surface area contributed by atoms with Crippen molar-refractivity contribution in [2.24, 2.45) is 0 Å². The van der Waals surface area contributed by atoms with E-state index in [0.29, 0.717) is 45.1 Å². The van der Waals surface area contributed by atoms with Crippen molar-refractivity contribution in [3.8, 4) is 28.8 Å². The highest BCUT2D eigenvalue weighted by atomic mass is 32.2. The summed E-state index contributed by atoms with van der Waals surface area (Å²) in [6.07, 6.45) is 2.84. The van der Waals surface area contributed by atoms with E-state index in [2.05, 4.69) is 15.0 Å². The first kappa shape index (κ1) is 31.0. The van der Waals surface area contributed by atoms with Gasteiger partial charge in [0.25, 0.3) is 15.9 Å². The monoisotopic (exact) mass is 622 g/mol. The Balaban J connectivity index is 1.53. The van der Waals surface area contributed by atoms with E-state index in [0.717, 1.165) is 0 Å². The molecule has 0 bridgehead atoms. The van der Waals surface area contributed by atoms with E-state index >= 15 is 0 Å². The van der Waals surface area contributed by atoms with Crippen LogP contribution < -0.4 is 14.2 Å². The highest BCUT2D eigenvalue weighted by molar-refractivity contribution is 7.90. The molecular weight excluding hydrogens is 592 g/mol. The van der Waals surface area contributed by atoms with E-state index < -0.39 is 15.9 Å². The lowest BCUT2D eigenvalue weighted by molar-refractivity contribution is 0.0977. The number of nitrogens with zero attached hydrogens (tertiary/aromatic N) is 3. The Morgan fingerprint density at radius 3 is 2.16 bits per heavy atom. The first-order chi connectivity index (χ1) is 21.5. The molecule has 0 fully saturated rings. The Morgan fingerprint density at radius 2 is 1.53 bits per heavy atom. The first-order valence-corrected chi connectivity index (χ1v) is 15.5. The lowest BCUT2D eigenvalue weighted by Gasteiger charge is -2.16. The van der Waals surface area contributed by atoms with Crippen molar-refractivity contribution in [2.45, 2.75) is 38.8 Å². The Labute approximate surface area is 261 Å². The number of carbonyl (C=O) groups is 2. The van der Waals surface area contributed by atoms with Gasteiger partial charge in [0, 0.05) is 35.2 Å². The lowest BCUT2D eigenvalue weighted by atomic mass is 9.98. The average Bonchev–Trinajstić information content (AvgIpc) is 3.03. The van der Waals surface area contributed by atoms with Crippen molar-refractivity contribution in [1.29, 1.82) is 0 Å². The van der Waals surface area contributed by atoms with Crippen LogP contribution in [0.25, 0.3) is 11.3 Å². The molecule has 5 rings (SSSR count). The molecule has 0 radical (unpaired) electrons. The standard InChI is InChI=1S/C34H30N4O6S/c1-21(2)43-29-16-13-25(20-36-29)28-15-14-27(33(40)38-45(41,42)30-12-8-9-17-35-30)34(37-28)44-32-22(3)18-26(19-23(32)4)31(39)24-10-6-5-7-11-24/h5-21H,1-4H3,(H,38,40). The van der Waals surface area contributed by atoms with Gasteiger partial charge in [-0.3, -0.25) is 9.59 Å². The minimum absolute atomic E-state index is 0.0532. The van der Waals surface area contributed by atoms with E-state index in [1.165, 1.54) is 24.4 Å². The Morgan fingerprint density at radius 1 is 0.822 bits per heavy atom.